The number of amides is 1. The fourth-order valence-corrected chi connectivity index (χ4v) is 3.89. The van der Waals surface area contributed by atoms with E-state index >= 15 is 0 Å². The first kappa shape index (κ1) is 16.4. The highest BCUT2D eigenvalue weighted by Crippen LogP contribution is 2.30. The van der Waals surface area contributed by atoms with E-state index < -0.39 is 0 Å². The molecule has 0 N–H and O–H groups in total. The van der Waals surface area contributed by atoms with E-state index in [9.17, 15) is 9.18 Å². The van der Waals surface area contributed by atoms with Crippen LogP contribution < -0.4 is 0 Å². The average Bonchev–Trinajstić information content (AvgIpc) is 3.05. The number of carbonyl (C=O) groups is 1. The van der Waals surface area contributed by atoms with Crippen molar-refractivity contribution in [1.82, 2.24) is 9.80 Å². The summed E-state index contributed by atoms with van der Waals surface area (Å²) in [5.74, 6) is 0.682. The number of benzene rings is 1. The Hall–Kier alpha value is -1.42. The van der Waals surface area contributed by atoms with Gasteiger partial charge >= 0.3 is 0 Å². The van der Waals surface area contributed by atoms with E-state index in [1.54, 1.807) is 0 Å². The third-order valence-electron chi connectivity index (χ3n) is 5.45. The van der Waals surface area contributed by atoms with Crippen LogP contribution in [0.5, 0.6) is 0 Å². The minimum absolute atomic E-state index is 0.192. The third-order valence-corrected chi connectivity index (χ3v) is 5.45. The van der Waals surface area contributed by atoms with Crippen molar-refractivity contribution in [3.8, 4) is 0 Å². The molecule has 3 nitrogen and oxygen atoms in total. The van der Waals surface area contributed by atoms with E-state index in [1.165, 1.54) is 12.1 Å². The summed E-state index contributed by atoms with van der Waals surface area (Å²) < 4.78 is 13.0. The molecule has 126 valence electrons. The number of rotatable bonds is 3. The van der Waals surface area contributed by atoms with Gasteiger partial charge in [-0.1, -0.05) is 12.1 Å². The SMILES string of the molecule is CC(C)N1CCC(C(=O)N2CCC(c3ccc(F)cc3)C2)CC1. The Balaban J connectivity index is 1.54. The lowest BCUT2D eigenvalue weighted by Gasteiger charge is -2.35. The standard InChI is InChI=1S/C19H27FN2O/c1-14(2)21-10-7-16(8-11-21)19(23)22-12-9-17(13-22)15-3-5-18(20)6-4-15/h3-6,14,16-17H,7-13H2,1-2H3. The van der Waals surface area contributed by atoms with E-state index in [-0.39, 0.29) is 11.7 Å². The molecule has 0 bridgehead atoms. The van der Waals surface area contributed by atoms with E-state index in [1.807, 2.05) is 17.0 Å². The number of carbonyl (C=O) groups excluding carboxylic acids is 1. The molecular formula is C19H27FN2O. The Morgan fingerprint density at radius 1 is 1.09 bits per heavy atom. The van der Waals surface area contributed by atoms with Crippen LogP contribution in [0.3, 0.4) is 0 Å². The molecule has 1 atom stereocenters. The van der Waals surface area contributed by atoms with Gasteiger partial charge in [0, 0.05) is 31.0 Å². The molecule has 2 aliphatic rings. The van der Waals surface area contributed by atoms with E-state index in [2.05, 4.69) is 18.7 Å². The van der Waals surface area contributed by atoms with E-state index in [0.717, 1.165) is 51.0 Å². The number of nitrogens with zero attached hydrogens (tertiary/aromatic N) is 2. The van der Waals surface area contributed by atoms with Gasteiger partial charge in [0.15, 0.2) is 0 Å². The smallest absolute Gasteiger partial charge is 0.225 e. The van der Waals surface area contributed by atoms with Crippen LogP contribution in [-0.2, 0) is 4.79 Å². The van der Waals surface area contributed by atoms with Crippen molar-refractivity contribution in [3.63, 3.8) is 0 Å². The van der Waals surface area contributed by atoms with Crippen LogP contribution in [-0.4, -0.2) is 47.9 Å². The Morgan fingerprint density at radius 2 is 1.74 bits per heavy atom. The second-order valence-electron chi connectivity index (χ2n) is 7.23. The summed E-state index contributed by atoms with van der Waals surface area (Å²) in [6, 6.07) is 7.31. The highest BCUT2D eigenvalue weighted by atomic mass is 19.1. The highest BCUT2D eigenvalue weighted by molar-refractivity contribution is 5.79. The zero-order valence-electron chi connectivity index (χ0n) is 14.2. The molecule has 0 radical (unpaired) electrons. The van der Waals surface area contributed by atoms with Gasteiger partial charge < -0.3 is 9.80 Å². The maximum Gasteiger partial charge on any atom is 0.225 e. The molecule has 1 unspecified atom stereocenters. The summed E-state index contributed by atoms with van der Waals surface area (Å²) in [4.78, 5) is 17.2. The fourth-order valence-electron chi connectivity index (χ4n) is 3.89. The molecule has 2 saturated heterocycles. The van der Waals surface area contributed by atoms with Crippen molar-refractivity contribution in [2.24, 2.45) is 5.92 Å². The second-order valence-corrected chi connectivity index (χ2v) is 7.23. The first-order chi connectivity index (χ1) is 11.0. The lowest BCUT2D eigenvalue weighted by atomic mass is 9.94. The lowest BCUT2D eigenvalue weighted by Crippen LogP contribution is -2.43. The van der Waals surface area contributed by atoms with Crippen molar-refractivity contribution >= 4 is 5.91 Å². The van der Waals surface area contributed by atoms with Crippen molar-refractivity contribution in [1.29, 1.82) is 0 Å². The molecule has 2 fully saturated rings. The Morgan fingerprint density at radius 3 is 2.35 bits per heavy atom. The van der Waals surface area contributed by atoms with Crippen molar-refractivity contribution in [2.45, 2.75) is 45.1 Å². The topological polar surface area (TPSA) is 23.6 Å². The first-order valence-corrected chi connectivity index (χ1v) is 8.83. The summed E-state index contributed by atoms with van der Waals surface area (Å²) in [5.41, 5.74) is 1.15. The lowest BCUT2D eigenvalue weighted by molar-refractivity contribution is -0.136. The minimum Gasteiger partial charge on any atom is -0.342 e. The number of halogens is 1. The number of likely N-dealkylation sites (tertiary alicyclic amines) is 2. The minimum atomic E-state index is -0.198. The van der Waals surface area contributed by atoms with Gasteiger partial charge in [-0.2, -0.15) is 0 Å². The monoisotopic (exact) mass is 318 g/mol. The van der Waals surface area contributed by atoms with Crippen LogP contribution in [0.15, 0.2) is 24.3 Å². The molecule has 0 saturated carbocycles. The maximum atomic E-state index is 13.0. The summed E-state index contributed by atoms with van der Waals surface area (Å²) in [5, 5.41) is 0. The van der Waals surface area contributed by atoms with Gasteiger partial charge in [-0.15, -0.1) is 0 Å². The zero-order valence-corrected chi connectivity index (χ0v) is 14.2. The maximum absolute atomic E-state index is 13.0. The summed E-state index contributed by atoms with van der Waals surface area (Å²) in [6.45, 7) is 8.12. The molecule has 1 aromatic carbocycles. The van der Waals surface area contributed by atoms with Gasteiger partial charge in [-0.25, -0.2) is 4.39 Å². The Kier molecular flexibility index (Phi) is 5.00. The summed E-state index contributed by atoms with van der Waals surface area (Å²) in [7, 11) is 0. The Labute approximate surface area is 138 Å². The van der Waals surface area contributed by atoms with Crippen molar-refractivity contribution in [2.75, 3.05) is 26.2 Å². The summed E-state index contributed by atoms with van der Waals surface area (Å²) >= 11 is 0. The van der Waals surface area contributed by atoms with Crippen LogP contribution in [0.1, 0.15) is 44.6 Å². The quantitative estimate of drug-likeness (QED) is 0.854. The number of hydrogen-bond donors (Lipinski definition) is 0. The van der Waals surface area contributed by atoms with Gasteiger partial charge in [0.2, 0.25) is 5.91 Å². The van der Waals surface area contributed by atoms with Crippen LogP contribution in [0, 0.1) is 11.7 Å². The van der Waals surface area contributed by atoms with Crippen molar-refractivity contribution < 1.29 is 9.18 Å². The Bertz CT molecular complexity index is 535. The molecule has 2 aliphatic heterocycles. The van der Waals surface area contributed by atoms with Gasteiger partial charge in [0.1, 0.15) is 5.82 Å². The molecule has 0 aliphatic carbocycles. The van der Waals surface area contributed by atoms with Gasteiger partial charge in [0.25, 0.3) is 0 Å². The van der Waals surface area contributed by atoms with Crippen LogP contribution in [0.4, 0.5) is 4.39 Å². The molecule has 2 heterocycles. The van der Waals surface area contributed by atoms with Gasteiger partial charge in [-0.05, 0) is 63.9 Å². The molecular weight excluding hydrogens is 291 g/mol. The van der Waals surface area contributed by atoms with Crippen molar-refractivity contribution in [3.05, 3.63) is 35.6 Å². The van der Waals surface area contributed by atoms with Crippen LogP contribution in [0.25, 0.3) is 0 Å². The second kappa shape index (κ2) is 7.00. The third kappa shape index (κ3) is 3.74. The molecule has 0 aromatic heterocycles. The first-order valence-electron chi connectivity index (χ1n) is 8.83. The molecule has 4 heteroatoms. The highest BCUT2D eigenvalue weighted by Gasteiger charge is 2.33. The van der Waals surface area contributed by atoms with E-state index in [0.29, 0.717) is 17.9 Å². The predicted molar refractivity (Wildman–Crippen MR) is 89.8 cm³/mol. The normalized spacial score (nSPS) is 23.7. The van der Waals surface area contributed by atoms with E-state index in [4.69, 9.17) is 0 Å². The molecule has 1 aromatic rings. The van der Waals surface area contributed by atoms with Crippen LogP contribution >= 0.6 is 0 Å². The molecule has 23 heavy (non-hydrogen) atoms. The predicted octanol–water partition coefficient (Wildman–Crippen LogP) is 3.26. The summed E-state index contributed by atoms with van der Waals surface area (Å²) in [6.07, 6.45) is 2.95. The zero-order chi connectivity index (χ0) is 16.4. The number of hydrogen-bond acceptors (Lipinski definition) is 2. The molecule has 3 rings (SSSR count). The van der Waals surface area contributed by atoms with Gasteiger partial charge in [-0.3, -0.25) is 4.79 Å². The molecule has 0 spiro atoms. The average molecular weight is 318 g/mol. The van der Waals surface area contributed by atoms with Gasteiger partial charge in [0.05, 0.1) is 0 Å². The van der Waals surface area contributed by atoms with Crippen LogP contribution in [0.2, 0.25) is 0 Å². The fraction of sp³-hybridized carbons (Fsp3) is 0.632. The largest absolute Gasteiger partial charge is 0.342 e. The molecule has 1 amide bonds. The number of piperidine rings is 1.